The van der Waals surface area contributed by atoms with Gasteiger partial charge in [-0.25, -0.2) is 0 Å². The van der Waals surface area contributed by atoms with Crippen molar-refractivity contribution in [1.82, 2.24) is 0 Å². The van der Waals surface area contributed by atoms with Crippen molar-refractivity contribution in [3.8, 4) is 5.75 Å². The van der Waals surface area contributed by atoms with Crippen LogP contribution in [0.1, 0.15) is 12.8 Å². The normalized spacial score (nSPS) is 10.8. The molecule has 0 fully saturated rings. The van der Waals surface area contributed by atoms with E-state index in [0.29, 0.717) is 6.73 Å². The SMILES string of the molecule is C[N+](C)(CCCCN)COc1ccccc1.[Br-]. The molecule has 0 unspecified atom stereocenters. The fourth-order valence-corrected chi connectivity index (χ4v) is 1.51. The minimum Gasteiger partial charge on any atom is -1.00 e. The molecule has 0 radical (unpaired) electrons. The van der Waals surface area contributed by atoms with Gasteiger partial charge < -0.3 is 27.5 Å². The molecule has 0 aliphatic rings. The maximum absolute atomic E-state index is 5.74. The van der Waals surface area contributed by atoms with Crippen molar-refractivity contribution in [3.63, 3.8) is 0 Å². The maximum atomic E-state index is 5.74. The molecule has 0 spiro atoms. The highest BCUT2D eigenvalue weighted by Gasteiger charge is 2.14. The molecule has 0 bridgehead atoms. The average molecular weight is 303 g/mol. The number of ether oxygens (including phenoxy) is 1. The Labute approximate surface area is 115 Å². The monoisotopic (exact) mass is 302 g/mol. The number of benzene rings is 1. The van der Waals surface area contributed by atoms with Gasteiger partial charge in [0.05, 0.1) is 20.6 Å². The van der Waals surface area contributed by atoms with Gasteiger partial charge in [-0.3, -0.25) is 4.48 Å². The van der Waals surface area contributed by atoms with Gasteiger partial charge in [0.1, 0.15) is 5.75 Å². The smallest absolute Gasteiger partial charge is 0.223 e. The van der Waals surface area contributed by atoms with E-state index in [1.54, 1.807) is 0 Å². The van der Waals surface area contributed by atoms with Crippen molar-refractivity contribution in [2.24, 2.45) is 5.73 Å². The van der Waals surface area contributed by atoms with Gasteiger partial charge in [-0.05, 0) is 31.5 Å². The first-order valence-electron chi connectivity index (χ1n) is 5.84. The number of nitrogens with two attached hydrogens (primary N) is 1. The van der Waals surface area contributed by atoms with Gasteiger partial charge in [0.25, 0.3) is 0 Å². The van der Waals surface area contributed by atoms with E-state index in [4.69, 9.17) is 10.5 Å². The molecule has 4 heteroatoms. The van der Waals surface area contributed by atoms with Crippen molar-refractivity contribution in [1.29, 1.82) is 0 Å². The Morgan fingerprint density at radius 2 is 1.76 bits per heavy atom. The molecule has 17 heavy (non-hydrogen) atoms. The number of unbranched alkanes of at least 4 members (excludes halogenated alkanes) is 1. The van der Waals surface area contributed by atoms with Crippen LogP contribution in [0.2, 0.25) is 0 Å². The molecule has 1 aromatic rings. The van der Waals surface area contributed by atoms with Crippen LogP contribution in [-0.2, 0) is 0 Å². The standard InChI is InChI=1S/C13H23N2O.BrH/c1-15(2,11-7-6-10-14)12-16-13-8-4-3-5-9-13;/h3-5,8-9H,6-7,10-12,14H2,1-2H3;1H/q+1;/p-1. The zero-order chi connectivity index (χ0) is 11.9. The largest absolute Gasteiger partial charge is 1.00 e. The summed E-state index contributed by atoms with van der Waals surface area (Å²) in [6, 6.07) is 9.95. The molecule has 0 aromatic heterocycles. The van der Waals surface area contributed by atoms with Crippen LogP contribution in [-0.4, -0.2) is 38.4 Å². The van der Waals surface area contributed by atoms with Crippen LogP contribution >= 0.6 is 0 Å². The second-order valence-corrected chi connectivity index (χ2v) is 4.74. The molecular weight excluding hydrogens is 280 g/mol. The quantitative estimate of drug-likeness (QED) is 0.392. The fourth-order valence-electron chi connectivity index (χ4n) is 1.51. The molecule has 98 valence electrons. The van der Waals surface area contributed by atoms with Gasteiger partial charge in [-0.2, -0.15) is 0 Å². The summed E-state index contributed by atoms with van der Waals surface area (Å²) in [6.45, 7) is 2.58. The molecule has 0 heterocycles. The number of para-hydroxylation sites is 1. The first kappa shape index (κ1) is 16.4. The van der Waals surface area contributed by atoms with Crippen molar-refractivity contribution in [2.75, 3.05) is 33.9 Å². The highest BCUT2D eigenvalue weighted by Crippen LogP contribution is 2.10. The Bertz CT molecular complexity index is 291. The molecule has 0 saturated heterocycles. The van der Waals surface area contributed by atoms with Gasteiger partial charge in [0.15, 0.2) is 0 Å². The predicted molar refractivity (Wildman–Crippen MR) is 67.2 cm³/mol. The number of quaternary nitrogens is 1. The minimum absolute atomic E-state index is 0. The summed E-state index contributed by atoms with van der Waals surface area (Å²) < 4.78 is 6.61. The van der Waals surface area contributed by atoms with E-state index in [2.05, 4.69) is 14.1 Å². The second-order valence-electron chi connectivity index (χ2n) is 4.74. The lowest BCUT2D eigenvalue weighted by atomic mass is 10.3. The van der Waals surface area contributed by atoms with Crippen molar-refractivity contribution < 1.29 is 26.2 Å². The van der Waals surface area contributed by atoms with Gasteiger partial charge in [-0.15, -0.1) is 0 Å². The van der Waals surface area contributed by atoms with Gasteiger partial charge >= 0.3 is 0 Å². The molecule has 1 rings (SSSR count). The predicted octanol–water partition coefficient (Wildman–Crippen LogP) is -1.16. The molecule has 3 nitrogen and oxygen atoms in total. The Hall–Kier alpha value is -0.580. The molecular formula is C13H23BrN2O. The third-order valence-corrected chi connectivity index (χ3v) is 2.54. The van der Waals surface area contributed by atoms with E-state index >= 15 is 0 Å². The van der Waals surface area contributed by atoms with E-state index in [1.165, 1.54) is 0 Å². The van der Waals surface area contributed by atoms with Gasteiger partial charge in [0, 0.05) is 0 Å². The van der Waals surface area contributed by atoms with Gasteiger partial charge in [-0.1, -0.05) is 18.2 Å². The van der Waals surface area contributed by atoms with Crippen LogP contribution < -0.4 is 27.5 Å². The fraction of sp³-hybridized carbons (Fsp3) is 0.538. The van der Waals surface area contributed by atoms with Crippen LogP contribution in [0.3, 0.4) is 0 Å². The number of hydrogen-bond acceptors (Lipinski definition) is 2. The summed E-state index contributed by atoms with van der Waals surface area (Å²) in [4.78, 5) is 0. The average Bonchev–Trinajstić information content (AvgIpc) is 2.28. The van der Waals surface area contributed by atoms with Crippen LogP contribution in [0.4, 0.5) is 0 Å². The maximum Gasteiger partial charge on any atom is 0.223 e. The third-order valence-electron chi connectivity index (χ3n) is 2.54. The lowest BCUT2D eigenvalue weighted by molar-refractivity contribution is -0.905. The molecule has 0 aliphatic carbocycles. The summed E-state index contributed by atoms with van der Waals surface area (Å²) in [6.07, 6.45) is 2.24. The highest BCUT2D eigenvalue weighted by atomic mass is 79.9. The van der Waals surface area contributed by atoms with Gasteiger partial charge in [0.2, 0.25) is 6.73 Å². The van der Waals surface area contributed by atoms with Crippen molar-refractivity contribution in [3.05, 3.63) is 30.3 Å². The zero-order valence-corrected chi connectivity index (χ0v) is 12.3. The highest BCUT2D eigenvalue weighted by molar-refractivity contribution is 5.20. The van der Waals surface area contributed by atoms with E-state index in [1.807, 2.05) is 30.3 Å². The molecule has 0 aliphatic heterocycles. The zero-order valence-electron chi connectivity index (χ0n) is 10.7. The summed E-state index contributed by atoms with van der Waals surface area (Å²) >= 11 is 0. The molecule has 1 aromatic carbocycles. The topological polar surface area (TPSA) is 35.2 Å². The number of rotatable bonds is 7. The van der Waals surface area contributed by atoms with Crippen LogP contribution in [0.15, 0.2) is 30.3 Å². The Morgan fingerprint density at radius 1 is 1.12 bits per heavy atom. The third kappa shape index (κ3) is 7.36. The number of nitrogens with zero attached hydrogens (tertiary/aromatic N) is 1. The van der Waals surface area contributed by atoms with Crippen molar-refractivity contribution >= 4 is 0 Å². The van der Waals surface area contributed by atoms with Crippen LogP contribution in [0.5, 0.6) is 5.75 Å². The van der Waals surface area contributed by atoms with E-state index in [9.17, 15) is 0 Å². The summed E-state index contributed by atoms with van der Waals surface area (Å²) in [7, 11) is 4.36. The molecule has 2 N–H and O–H groups in total. The Balaban J connectivity index is 0.00000256. The molecule has 0 atom stereocenters. The number of hydrogen-bond donors (Lipinski definition) is 1. The lowest BCUT2D eigenvalue weighted by Gasteiger charge is -2.29. The lowest BCUT2D eigenvalue weighted by Crippen LogP contribution is -3.00. The minimum atomic E-state index is 0. The van der Waals surface area contributed by atoms with Crippen LogP contribution in [0, 0.1) is 0 Å². The summed E-state index contributed by atoms with van der Waals surface area (Å²) in [5, 5.41) is 0. The van der Waals surface area contributed by atoms with Crippen molar-refractivity contribution in [2.45, 2.75) is 12.8 Å². The summed E-state index contributed by atoms with van der Waals surface area (Å²) in [5.41, 5.74) is 5.48. The second kappa shape index (κ2) is 8.50. The Kier molecular flexibility index (Phi) is 8.21. The first-order chi connectivity index (χ1) is 7.64. The van der Waals surface area contributed by atoms with Crippen LogP contribution in [0.25, 0.3) is 0 Å². The first-order valence-corrected chi connectivity index (χ1v) is 5.84. The molecule has 0 amide bonds. The Morgan fingerprint density at radius 3 is 2.35 bits per heavy atom. The van der Waals surface area contributed by atoms with E-state index < -0.39 is 0 Å². The van der Waals surface area contributed by atoms with E-state index in [0.717, 1.165) is 36.2 Å². The summed E-state index contributed by atoms with van der Waals surface area (Å²) in [5.74, 6) is 0.938. The number of halogens is 1. The van der Waals surface area contributed by atoms with E-state index in [-0.39, 0.29) is 17.0 Å². The molecule has 0 saturated carbocycles.